The van der Waals surface area contributed by atoms with Gasteiger partial charge in [-0.2, -0.15) is 0 Å². The first kappa shape index (κ1) is 28.0. The molecule has 38 heavy (non-hydrogen) atoms. The van der Waals surface area contributed by atoms with Gasteiger partial charge in [0, 0.05) is 17.7 Å². The lowest BCUT2D eigenvalue weighted by Gasteiger charge is -2.17. The van der Waals surface area contributed by atoms with Crippen LogP contribution in [-0.4, -0.2) is 59.6 Å². The van der Waals surface area contributed by atoms with E-state index in [4.69, 9.17) is 14.2 Å². The summed E-state index contributed by atoms with van der Waals surface area (Å²) in [5.74, 6) is -2.02. The van der Waals surface area contributed by atoms with Gasteiger partial charge in [0.25, 0.3) is 5.91 Å². The Balaban J connectivity index is 1.76. The lowest BCUT2D eigenvalue weighted by Crippen LogP contribution is -2.42. The minimum Gasteiger partial charge on any atom is -0.466 e. The van der Waals surface area contributed by atoms with E-state index in [0.717, 1.165) is 0 Å². The lowest BCUT2D eigenvalue weighted by atomic mass is 10.1. The SMILES string of the molecule is CCOC(=O)CC[C@@H](NC(=O)c1ccc(Nc2nc3ccccc3nc2C(=O)OCC)cc1)C(=O)OCC. The van der Waals surface area contributed by atoms with E-state index < -0.39 is 29.9 Å². The van der Waals surface area contributed by atoms with Gasteiger partial charge in [-0.3, -0.25) is 9.59 Å². The molecule has 0 aliphatic carbocycles. The fraction of sp³-hybridized carbons (Fsp3) is 0.333. The summed E-state index contributed by atoms with van der Waals surface area (Å²) in [6.45, 7) is 5.58. The highest BCUT2D eigenvalue weighted by Crippen LogP contribution is 2.22. The van der Waals surface area contributed by atoms with Crippen molar-refractivity contribution in [2.75, 3.05) is 25.1 Å². The Hall–Kier alpha value is -4.54. The molecule has 11 nitrogen and oxygen atoms in total. The summed E-state index contributed by atoms with van der Waals surface area (Å²) >= 11 is 0. The smallest absolute Gasteiger partial charge is 0.360 e. The predicted octanol–water partition coefficient (Wildman–Crippen LogP) is 3.55. The molecule has 0 spiro atoms. The fourth-order valence-corrected chi connectivity index (χ4v) is 3.50. The molecule has 0 saturated heterocycles. The number of carbonyl (C=O) groups excluding carboxylic acids is 4. The summed E-state index contributed by atoms with van der Waals surface area (Å²) in [5, 5.41) is 5.68. The van der Waals surface area contributed by atoms with Gasteiger partial charge in [0.05, 0.1) is 30.9 Å². The number of benzene rings is 2. The Labute approximate surface area is 219 Å². The highest BCUT2D eigenvalue weighted by molar-refractivity contribution is 5.98. The van der Waals surface area contributed by atoms with Gasteiger partial charge in [-0.25, -0.2) is 19.6 Å². The lowest BCUT2D eigenvalue weighted by molar-refractivity contribution is -0.146. The van der Waals surface area contributed by atoms with E-state index in [-0.39, 0.29) is 49.7 Å². The third kappa shape index (κ3) is 7.48. The monoisotopic (exact) mass is 522 g/mol. The Morgan fingerprint density at radius 1 is 0.816 bits per heavy atom. The quantitative estimate of drug-likeness (QED) is 0.267. The Morgan fingerprint density at radius 3 is 2.08 bits per heavy atom. The van der Waals surface area contributed by atoms with Gasteiger partial charge >= 0.3 is 17.9 Å². The van der Waals surface area contributed by atoms with Gasteiger partial charge in [0.2, 0.25) is 0 Å². The van der Waals surface area contributed by atoms with Crippen molar-refractivity contribution in [3.05, 3.63) is 59.8 Å². The van der Waals surface area contributed by atoms with Crippen molar-refractivity contribution in [3.8, 4) is 0 Å². The molecule has 2 aromatic carbocycles. The van der Waals surface area contributed by atoms with E-state index in [1.165, 1.54) is 0 Å². The average molecular weight is 523 g/mol. The normalized spacial score (nSPS) is 11.3. The van der Waals surface area contributed by atoms with Gasteiger partial charge < -0.3 is 24.8 Å². The molecule has 0 bridgehead atoms. The van der Waals surface area contributed by atoms with E-state index in [2.05, 4.69) is 20.6 Å². The van der Waals surface area contributed by atoms with Crippen LogP contribution in [0.5, 0.6) is 0 Å². The molecule has 3 rings (SSSR count). The standard InChI is InChI=1S/C27H30N4O7/c1-4-36-22(32)16-15-21(26(34)37-5-2)31-25(33)17-11-13-18(14-12-17)28-24-23(27(35)38-6-3)29-19-9-7-8-10-20(19)30-24/h7-14,21H,4-6,15-16H2,1-3H3,(H,28,30)(H,31,33)/t21-/m1/s1. The van der Waals surface area contributed by atoms with Crippen LogP contribution >= 0.6 is 0 Å². The highest BCUT2D eigenvalue weighted by Gasteiger charge is 2.24. The average Bonchev–Trinajstić information content (AvgIpc) is 2.91. The molecule has 2 N–H and O–H groups in total. The Morgan fingerprint density at radius 2 is 1.45 bits per heavy atom. The van der Waals surface area contributed by atoms with Crippen LogP contribution in [0.15, 0.2) is 48.5 Å². The second-order valence-electron chi connectivity index (χ2n) is 7.95. The molecule has 200 valence electrons. The van der Waals surface area contributed by atoms with Crippen LogP contribution in [0.4, 0.5) is 11.5 Å². The number of fused-ring (bicyclic) bond motifs is 1. The van der Waals surface area contributed by atoms with Crippen LogP contribution in [0.1, 0.15) is 54.5 Å². The summed E-state index contributed by atoms with van der Waals surface area (Å²) in [4.78, 5) is 58.3. The molecule has 0 aliphatic heterocycles. The Kier molecular flexibility index (Phi) is 10.1. The number of esters is 3. The predicted molar refractivity (Wildman–Crippen MR) is 139 cm³/mol. The van der Waals surface area contributed by atoms with E-state index in [0.29, 0.717) is 16.7 Å². The van der Waals surface area contributed by atoms with Crippen molar-refractivity contribution >= 4 is 46.4 Å². The number of nitrogens with zero attached hydrogens (tertiary/aromatic N) is 2. The van der Waals surface area contributed by atoms with E-state index >= 15 is 0 Å². The van der Waals surface area contributed by atoms with Gasteiger partial charge in [-0.15, -0.1) is 0 Å². The van der Waals surface area contributed by atoms with Crippen LogP contribution in [0.25, 0.3) is 11.0 Å². The fourth-order valence-electron chi connectivity index (χ4n) is 3.50. The van der Waals surface area contributed by atoms with Crippen LogP contribution in [0, 0.1) is 0 Å². The first-order valence-electron chi connectivity index (χ1n) is 12.3. The molecule has 1 heterocycles. The maximum atomic E-state index is 12.8. The first-order chi connectivity index (χ1) is 18.4. The van der Waals surface area contributed by atoms with Crippen molar-refractivity contribution in [1.29, 1.82) is 0 Å². The molecule has 11 heteroatoms. The van der Waals surface area contributed by atoms with Gasteiger partial charge in [-0.1, -0.05) is 12.1 Å². The summed E-state index contributed by atoms with van der Waals surface area (Å²) in [7, 11) is 0. The molecule has 0 aliphatic rings. The second-order valence-corrected chi connectivity index (χ2v) is 7.95. The van der Waals surface area contributed by atoms with Gasteiger partial charge in [-0.05, 0) is 63.6 Å². The molecule has 0 radical (unpaired) electrons. The maximum Gasteiger partial charge on any atom is 0.360 e. The minimum atomic E-state index is -1.01. The third-order valence-electron chi connectivity index (χ3n) is 5.27. The van der Waals surface area contributed by atoms with Crippen LogP contribution in [0.2, 0.25) is 0 Å². The zero-order valence-corrected chi connectivity index (χ0v) is 21.5. The van der Waals surface area contributed by atoms with E-state index in [1.807, 2.05) is 6.07 Å². The molecular formula is C27H30N4O7. The summed E-state index contributed by atoms with van der Waals surface area (Å²) in [6.07, 6.45) is -0.00360. The number of amides is 1. The van der Waals surface area contributed by atoms with Crippen molar-refractivity contribution in [2.24, 2.45) is 0 Å². The largest absolute Gasteiger partial charge is 0.466 e. The first-order valence-corrected chi connectivity index (χ1v) is 12.3. The van der Waals surface area contributed by atoms with Crippen molar-refractivity contribution in [2.45, 2.75) is 39.7 Å². The number of hydrogen-bond acceptors (Lipinski definition) is 10. The van der Waals surface area contributed by atoms with Crippen LogP contribution < -0.4 is 10.6 Å². The summed E-state index contributed by atoms with van der Waals surface area (Å²) < 4.78 is 15.1. The van der Waals surface area contributed by atoms with E-state index in [1.54, 1.807) is 63.2 Å². The van der Waals surface area contributed by atoms with E-state index in [9.17, 15) is 19.2 Å². The zero-order chi connectivity index (χ0) is 27.5. The minimum absolute atomic E-state index is 0.0336. The molecule has 3 aromatic rings. The molecule has 1 aromatic heterocycles. The van der Waals surface area contributed by atoms with Gasteiger partial charge in [0.1, 0.15) is 6.04 Å². The van der Waals surface area contributed by atoms with Crippen LogP contribution in [0.3, 0.4) is 0 Å². The molecule has 0 unspecified atom stereocenters. The molecule has 0 fully saturated rings. The van der Waals surface area contributed by atoms with Crippen molar-refractivity contribution in [1.82, 2.24) is 15.3 Å². The molecule has 1 atom stereocenters. The topological polar surface area (TPSA) is 146 Å². The van der Waals surface area contributed by atoms with Crippen molar-refractivity contribution in [3.63, 3.8) is 0 Å². The number of rotatable bonds is 12. The third-order valence-corrected chi connectivity index (χ3v) is 5.27. The maximum absolute atomic E-state index is 12.8. The number of anilines is 2. The number of hydrogen-bond donors (Lipinski definition) is 2. The molecular weight excluding hydrogens is 492 g/mol. The summed E-state index contributed by atoms with van der Waals surface area (Å²) in [5.41, 5.74) is 1.99. The summed E-state index contributed by atoms with van der Waals surface area (Å²) in [6, 6.07) is 12.5. The Bertz CT molecular complexity index is 1290. The number of aromatic nitrogens is 2. The molecule has 0 saturated carbocycles. The number of carbonyl (C=O) groups is 4. The number of para-hydroxylation sites is 2. The van der Waals surface area contributed by atoms with Crippen molar-refractivity contribution < 1.29 is 33.4 Å². The van der Waals surface area contributed by atoms with Crippen LogP contribution in [-0.2, 0) is 23.8 Å². The second kappa shape index (κ2) is 13.7. The zero-order valence-electron chi connectivity index (χ0n) is 21.5. The highest BCUT2D eigenvalue weighted by atomic mass is 16.5. The molecule has 1 amide bonds. The number of ether oxygens (including phenoxy) is 3. The number of nitrogens with one attached hydrogen (secondary N) is 2. The van der Waals surface area contributed by atoms with Gasteiger partial charge in [0.15, 0.2) is 11.5 Å².